The predicted molar refractivity (Wildman–Crippen MR) is 91.9 cm³/mol. The second-order valence-corrected chi connectivity index (χ2v) is 8.63. The van der Waals surface area contributed by atoms with Crippen LogP contribution < -0.4 is 0 Å². The van der Waals surface area contributed by atoms with Crippen LogP contribution in [0.25, 0.3) is 0 Å². The molecule has 1 fully saturated rings. The first-order valence-corrected chi connectivity index (χ1v) is 10.3. The van der Waals surface area contributed by atoms with Gasteiger partial charge in [0.15, 0.2) is 4.90 Å². The minimum absolute atomic E-state index is 0.195. The average Bonchev–Trinajstić information content (AvgIpc) is 3.02. The Morgan fingerprint density at radius 1 is 1.16 bits per heavy atom. The Kier molecular flexibility index (Phi) is 5.47. The Labute approximate surface area is 150 Å². The zero-order valence-corrected chi connectivity index (χ0v) is 15.4. The highest BCUT2D eigenvalue weighted by Gasteiger charge is 2.33. The molecule has 1 aliphatic rings. The zero-order valence-electron chi connectivity index (χ0n) is 13.8. The molecule has 1 aliphatic heterocycles. The normalized spacial score (nSPS) is 17.1. The summed E-state index contributed by atoms with van der Waals surface area (Å²) in [4.78, 5) is 5.74. The van der Waals surface area contributed by atoms with Crippen LogP contribution in [0.5, 0.6) is 0 Å². The highest BCUT2D eigenvalue weighted by Crippen LogP contribution is 2.24. The first-order chi connectivity index (χ1) is 11.9. The molecule has 0 amide bonds. The van der Waals surface area contributed by atoms with Crippen molar-refractivity contribution in [2.45, 2.75) is 24.8 Å². The van der Waals surface area contributed by atoms with E-state index in [2.05, 4.69) is 9.88 Å². The average molecular weight is 387 g/mol. The first-order valence-electron chi connectivity index (χ1n) is 8.01. The number of halogens is 2. The molecule has 3 rings (SSSR count). The Bertz CT molecular complexity index is 827. The van der Waals surface area contributed by atoms with E-state index in [0.29, 0.717) is 19.6 Å². The second-order valence-electron chi connectivity index (χ2n) is 5.82. The Balaban J connectivity index is 1.67. The summed E-state index contributed by atoms with van der Waals surface area (Å²) in [7, 11) is -4.18. The van der Waals surface area contributed by atoms with Gasteiger partial charge in [-0.1, -0.05) is 13.0 Å². The van der Waals surface area contributed by atoms with E-state index >= 15 is 0 Å². The summed E-state index contributed by atoms with van der Waals surface area (Å²) in [5.74, 6) is -2.12. The Hall–Kier alpha value is -1.42. The molecule has 0 aliphatic carbocycles. The monoisotopic (exact) mass is 387 g/mol. The van der Waals surface area contributed by atoms with Crippen molar-refractivity contribution >= 4 is 21.4 Å². The van der Waals surface area contributed by atoms with E-state index in [0.717, 1.165) is 39.6 Å². The highest BCUT2D eigenvalue weighted by molar-refractivity contribution is 7.89. The lowest BCUT2D eigenvalue weighted by molar-refractivity contribution is 0.179. The van der Waals surface area contributed by atoms with E-state index in [1.165, 1.54) is 0 Å². The van der Waals surface area contributed by atoms with Crippen molar-refractivity contribution in [3.8, 4) is 0 Å². The molecule has 0 atom stereocenters. The molecule has 9 heteroatoms. The van der Waals surface area contributed by atoms with Gasteiger partial charge in [-0.05, 0) is 18.6 Å². The van der Waals surface area contributed by atoms with E-state index in [1.807, 2.05) is 12.3 Å². The number of piperazine rings is 1. The summed E-state index contributed by atoms with van der Waals surface area (Å²) in [5, 5.41) is 3.09. The molecular formula is C16H19F2N3O2S2. The molecule has 5 nitrogen and oxygen atoms in total. The molecule has 0 radical (unpaired) electrons. The second kappa shape index (κ2) is 7.45. The summed E-state index contributed by atoms with van der Waals surface area (Å²) in [5.41, 5.74) is 0.971. The molecule has 0 bridgehead atoms. The lowest BCUT2D eigenvalue weighted by Gasteiger charge is -2.33. The number of nitrogens with zero attached hydrogens (tertiary/aromatic N) is 3. The van der Waals surface area contributed by atoms with E-state index in [-0.39, 0.29) is 13.1 Å². The molecule has 2 aromatic rings. The van der Waals surface area contributed by atoms with Crippen LogP contribution in [0.2, 0.25) is 0 Å². The Morgan fingerprint density at radius 2 is 1.80 bits per heavy atom. The van der Waals surface area contributed by atoms with Crippen molar-refractivity contribution in [2.24, 2.45) is 0 Å². The van der Waals surface area contributed by atoms with Crippen LogP contribution >= 0.6 is 11.3 Å². The SMILES string of the molecule is CCc1nc(CN2CCN(S(=O)(=O)c3c(F)cccc3F)CC2)cs1. The fourth-order valence-corrected chi connectivity index (χ4v) is 5.07. The molecule has 2 heterocycles. The van der Waals surface area contributed by atoms with Gasteiger partial charge in [-0.2, -0.15) is 4.31 Å². The number of aromatic nitrogens is 1. The molecule has 0 saturated carbocycles. The van der Waals surface area contributed by atoms with Crippen LogP contribution in [0.1, 0.15) is 17.6 Å². The number of hydrogen-bond donors (Lipinski definition) is 0. The third-order valence-corrected chi connectivity index (χ3v) is 7.13. The predicted octanol–water partition coefficient (Wildman–Crippen LogP) is 2.49. The lowest BCUT2D eigenvalue weighted by atomic mass is 10.3. The third kappa shape index (κ3) is 3.89. The highest BCUT2D eigenvalue weighted by atomic mass is 32.2. The van der Waals surface area contributed by atoms with Crippen molar-refractivity contribution in [1.82, 2.24) is 14.2 Å². The summed E-state index contributed by atoms with van der Waals surface area (Å²) < 4.78 is 53.9. The summed E-state index contributed by atoms with van der Waals surface area (Å²) in [6.07, 6.45) is 0.894. The molecule has 0 unspecified atom stereocenters. The zero-order chi connectivity index (χ0) is 18.0. The molecular weight excluding hydrogens is 368 g/mol. The maximum Gasteiger partial charge on any atom is 0.249 e. The van der Waals surface area contributed by atoms with Crippen molar-refractivity contribution in [1.29, 1.82) is 0 Å². The van der Waals surface area contributed by atoms with E-state index < -0.39 is 26.6 Å². The fourth-order valence-electron chi connectivity index (χ4n) is 2.80. The van der Waals surface area contributed by atoms with E-state index in [9.17, 15) is 17.2 Å². The maximum atomic E-state index is 13.8. The quantitative estimate of drug-likeness (QED) is 0.791. The van der Waals surface area contributed by atoms with Gasteiger partial charge in [0.25, 0.3) is 0 Å². The standard InChI is InChI=1S/C16H19F2N3O2S2/c1-2-15-19-12(11-24-15)10-20-6-8-21(9-7-20)25(22,23)16-13(17)4-3-5-14(16)18/h3-5,11H,2,6-10H2,1H3. The van der Waals surface area contributed by atoms with Crippen molar-refractivity contribution < 1.29 is 17.2 Å². The third-order valence-electron chi connectivity index (χ3n) is 4.14. The van der Waals surface area contributed by atoms with Gasteiger partial charge in [0.1, 0.15) is 11.6 Å². The number of thiazole rings is 1. The van der Waals surface area contributed by atoms with Gasteiger partial charge in [0, 0.05) is 38.1 Å². The summed E-state index contributed by atoms with van der Waals surface area (Å²) in [6, 6.07) is 3.07. The molecule has 0 N–H and O–H groups in total. The first kappa shape index (κ1) is 18.4. The Morgan fingerprint density at radius 3 is 2.36 bits per heavy atom. The molecule has 25 heavy (non-hydrogen) atoms. The molecule has 0 spiro atoms. The molecule has 1 saturated heterocycles. The topological polar surface area (TPSA) is 53.5 Å². The smallest absolute Gasteiger partial charge is 0.249 e. The number of rotatable bonds is 5. The maximum absolute atomic E-state index is 13.8. The minimum atomic E-state index is -4.18. The van der Waals surface area contributed by atoms with Crippen molar-refractivity contribution in [3.63, 3.8) is 0 Å². The van der Waals surface area contributed by atoms with Crippen LogP contribution in [0, 0.1) is 11.6 Å². The van der Waals surface area contributed by atoms with Gasteiger partial charge < -0.3 is 0 Å². The van der Waals surface area contributed by atoms with E-state index in [4.69, 9.17) is 0 Å². The van der Waals surface area contributed by atoms with Gasteiger partial charge in [-0.3, -0.25) is 4.90 Å². The van der Waals surface area contributed by atoms with Gasteiger partial charge in [-0.25, -0.2) is 22.2 Å². The van der Waals surface area contributed by atoms with Crippen LogP contribution in [-0.4, -0.2) is 48.8 Å². The van der Waals surface area contributed by atoms with Gasteiger partial charge in [-0.15, -0.1) is 11.3 Å². The number of hydrogen-bond acceptors (Lipinski definition) is 5. The molecule has 136 valence electrons. The van der Waals surface area contributed by atoms with Crippen LogP contribution in [-0.2, 0) is 23.0 Å². The van der Waals surface area contributed by atoms with Crippen LogP contribution in [0.3, 0.4) is 0 Å². The number of benzene rings is 1. The minimum Gasteiger partial charge on any atom is -0.295 e. The van der Waals surface area contributed by atoms with Crippen molar-refractivity contribution in [2.75, 3.05) is 26.2 Å². The molecule has 1 aromatic carbocycles. The fraction of sp³-hybridized carbons (Fsp3) is 0.438. The van der Waals surface area contributed by atoms with Crippen LogP contribution in [0.15, 0.2) is 28.5 Å². The summed E-state index contributed by atoms with van der Waals surface area (Å²) >= 11 is 1.62. The van der Waals surface area contributed by atoms with Gasteiger partial charge >= 0.3 is 0 Å². The number of aryl methyl sites for hydroxylation is 1. The number of sulfonamides is 1. The molecule has 1 aromatic heterocycles. The lowest BCUT2D eigenvalue weighted by Crippen LogP contribution is -2.48. The van der Waals surface area contributed by atoms with Crippen molar-refractivity contribution in [3.05, 3.63) is 45.9 Å². The largest absolute Gasteiger partial charge is 0.295 e. The summed E-state index contributed by atoms with van der Waals surface area (Å²) in [6.45, 7) is 4.08. The van der Waals surface area contributed by atoms with Gasteiger partial charge in [0.05, 0.1) is 10.7 Å². The van der Waals surface area contributed by atoms with Gasteiger partial charge in [0.2, 0.25) is 10.0 Å². The van der Waals surface area contributed by atoms with Crippen LogP contribution in [0.4, 0.5) is 8.78 Å². The van der Waals surface area contributed by atoms with E-state index in [1.54, 1.807) is 11.3 Å².